The summed E-state index contributed by atoms with van der Waals surface area (Å²) >= 11 is 0. The van der Waals surface area contributed by atoms with Crippen LogP contribution in [0, 0.1) is 11.8 Å². The van der Waals surface area contributed by atoms with Crippen LogP contribution in [0.25, 0.3) is 100 Å². The molecule has 2 spiro atoms. The Kier molecular flexibility index (Phi) is 8.82. The molecule has 0 bridgehead atoms. The molecule has 6 aliphatic carbocycles. The van der Waals surface area contributed by atoms with Crippen LogP contribution in [0.2, 0.25) is 0 Å². The van der Waals surface area contributed by atoms with E-state index in [0.29, 0.717) is 17.6 Å². The van der Waals surface area contributed by atoms with Gasteiger partial charge in [-0.3, -0.25) is 4.57 Å². The van der Waals surface area contributed by atoms with Gasteiger partial charge in [-0.2, -0.15) is 9.97 Å². The summed E-state index contributed by atoms with van der Waals surface area (Å²) in [5.74, 6) is 2.90. The van der Waals surface area contributed by atoms with Crippen LogP contribution >= 0.6 is 0 Å². The predicted octanol–water partition coefficient (Wildman–Crippen LogP) is 17.7. The van der Waals surface area contributed by atoms with Gasteiger partial charge < -0.3 is 4.57 Å². The lowest BCUT2D eigenvalue weighted by Crippen LogP contribution is -2.38. The highest BCUT2D eigenvalue weighted by Crippen LogP contribution is 2.68. The first-order valence-corrected chi connectivity index (χ1v) is 28.8. The summed E-state index contributed by atoms with van der Waals surface area (Å²) in [4.78, 5) is 17.0. The Morgan fingerprint density at radius 3 is 1.33 bits per heavy atom. The standard InChI is InChI=1S/C77H49N5/c1-10-28-61-49(19-1)50-20-2-11-29-62(50)76(61)63-30-12-3-21-51(63)54-40-37-46(43-66(54)76)73-78-74(80-75(79-73)82-71-35-17-8-26-59(71)60-27-9-18-36-72(60)82)47-38-41-55-52-22-4-13-31-64(52)77(67(55)44-47)65-32-14-5-23-53(65)56-42-39-48(45-68(56)77)81-69-33-15-6-24-57(69)58-25-7-16-34-70(58)81/h1-45,49,51,61,63H. The van der Waals surface area contributed by atoms with Gasteiger partial charge in [0, 0.05) is 67.4 Å². The molecule has 13 aromatic rings. The van der Waals surface area contributed by atoms with Crippen molar-refractivity contribution in [2.45, 2.75) is 22.7 Å². The largest absolute Gasteiger partial charge is 0.309 e. The normalized spacial score (nSPS) is 21.6. The lowest BCUT2D eigenvalue weighted by molar-refractivity contribution is 0.312. The topological polar surface area (TPSA) is 48.5 Å². The molecule has 0 fully saturated rings. The fraction of sp³-hybridized carbons (Fsp3) is 0.0779. The van der Waals surface area contributed by atoms with Crippen LogP contribution in [-0.2, 0) is 10.8 Å². The number of fused-ring (bicyclic) bond motifs is 26. The zero-order valence-corrected chi connectivity index (χ0v) is 44.5. The van der Waals surface area contributed by atoms with Crippen molar-refractivity contribution in [1.29, 1.82) is 0 Å². The number of hydrogen-bond donors (Lipinski definition) is 0. The Hall–Kier alpha value is -10.2. The van der Waals surface area contributed by atoms with Gasteiger partial charge >= 0.3 is 0 Å². The fourth-order valence-electron chi connectivity index (χ4n) is 16.7. The van der Waals surface area contributed by atoms with E-state index in [1.165, 1.54) is 88.6 Å². The molecule has 6 unspecified atom stereocenters. The number of para-hydroxylation sites is 4. The van der Waals surface area contributed by atoms with Gasteiger partial charge in [0.25, 0.3) is 0 Å². The van der Waals surface area contributed by atoms with Crippen LogP contribution in [0.5, 0.6) is 0 Å². The molecule has 3 aromatic heterocycles. The molecule has 10 aromatic carbocycles. The van der Waals surface area contributed by atoms with Gasteiger partial charge in [-0.25, -0.2) is 4.98 Å². The summed E-state index contributed by atoms with van der Waals surface area (Å²) in [5.41, 5.74) is 22.3. The van der Waals surface area contributed by atoms with Gasteiger partial charge in [0.15, 0.2) is 11.6 Å². The number of allylic oxidation sites excluding steroid dienone is 8. The molecule has 5 heteroatoms. The molecule has 0 radical (unpaired) electrons. The quantitative estimate of drug-likeness (QED) is 0.176. The molecule has 0 saturated carbocycles. The zero-order valence-electron chi connectivity index (χ0n) is 44.5. The number of rotatable bonds is 4. The predicted molar refractivity (Wildman–Crippen MR) is 332 cm³/mol. The molecule has 6 aliphatic rings. The van der Waals surface area contributed by atoms with E-state index in [1.54, 1.807) is 0 Å². The Labute approximate surface area is 473 Å². The van der Waals surface area contributed by atoms with Gasteiger partial charge in [-0.05, 0) is 115 Å². The van der Waals surface area contributed by atoms with Gasteiger partial charge in [0.05, 0.1) is 27.5 Å². The van der Waals surface area contributed by atoms with E-state index in [-0.39, 0.29) is 29.1 Å². The minimum Gasteiger partial charge on any atom is -0.309 e. The van der Waals surface area contributed by atoms with Crippen molar-refractivity contribution < 1.29 is 0 Å². The molecule has 0 amide bonds. The smallest absolute Gasteiger partial charge is 0.238 e. The molecule has 19 rings (SSSR count). The molecular weight excluding hydrogens is 995 g/mol. The summed E-state index contributed by atoms with van der Waals surface area (Å²) < 4.78 is 4.71. The second-order valence-electron chi connectivity index (χ2n) is 23.3. The second kappa shape index (κ2) is 16.2. The average molecular weight is 1040 g/mol. The van der Waals surface area contributed by atoms with E-state index in [9.17, 15) is 0 Å². The molecule has 0 N–H and O–H groups in total. The fourth-order valence-corrected chi connectivity index (χ4v) is 16.7. The third-order valence-electron chi connectivity index (χ3n) is 19.8. The van der Waals surface area contributed by atoms with E-state index >= 15 is 0 Å². The average Bonchev–Trinajstić information content (AvgIpc) is 1.80. The van der Waals surface area contributed by atoms with Crippen molar-refractivity contribution in [2.24, 2.45) is 11.8 Å². The molecule has 0 aliphatic heterocycles. The number of benzene rings is 10. The highest BCUT2D eigenvalue weighted by Gasteiger charge is 2.61. The third-order valence-corrected chi connectivity index (χ3v) is 19.8. The summed E-state index contributed by atoms with van der Waals surface area (Å²) in [6.07, 6.45) is 18.9. The molecule has 0 saturated heterocycles. The maximum atomic E-state index is 5.69. The Balaban J connectivity index is 0.860. The molecular formula is C77H49N5. The summed E-state index contributed by atoms with van der Waals surface area (Å²) in [6.45, 7) is 0. The van der Waals surface area contributed by atoms with Gasteiger partial charge in [-0.1, -0.05) is 225 Å². The zero-order chi connectivity index (χ0) is 53.4. The lowest BCUT2D eigenvalue weighted by atomic mass is 9.61. The summed E-state index contributed by atoms with van der Waals surface area (Å²) in [7, 11) is 0. The molecule has 3 heterocycles. The van der Waals surface area contributed by atoms with E-state index in [2.05, 4.69) is 282 Å². The SMILES string of the molecule is C1=CC2c3ccccc3C3(c4cc(-c5nc(-c6ccc7c(c6)C6(c8ccccc8-7)c7ccccc7-c7ccc(-n8c9ccccc9c9ccccc98)cc76)nc(-n6c7ccccc7c7ccccc76)n5)ccc4C4C=CC=CC43)C2C=C1. The van der Waals surface area contributed by atoms with Crippen LogP contribution in [0.4, 0.5) is 0 Å². The maximum Gasteiger partial charge on any atom is 0.238 e. The third kappa shape index (κ3) is 5.55. The maximum absolute atomic E-state index is 5.69. The van der Waals surface area contributed by atoms with Crippen LogP contribution in [0.1, 0.15) is 56.3 Å². The van der Waals surface area contributed by atoms with E-state index < -0.39 is 5.41 Å². The van der Waals surface area contributed by atoms with Crippen molar-refractivity contribution in [3.05, 3.63) is 318 Å². The van der Waals surface area contributed by atoms with Crippen molar-refractivity contribution in [2.75, 3.05) is 0 Å². The highest BCUT2D eigenvalue weighted by molar-refractivity contribution is 6.10. The summed E-state index contributed by atoms with van der Waals surface area (Å²) in [6, 6.07) is 83.6. The number of nitrogens with zero attached hydrogens (tertiary/aromatic N) is 5. The first kappa shape index (κ1) is 44.6. The second-order valence-corrected chi connectivity index (χ2v) is 23.3. The van der Waals surface area contributed by atoms with Crippen LogP contribution < -0.4 is 0 Å². The van der Waals surface area contributed by atoms with Crippen molar-refractivity contribution in [3.8, 4) is 56.7 Å². The van der Waals surface area contributed by atoms with Crippen molar-refractivity contribution in [3.63, 3.8) is 0 Å². The van der Waals surface area contributed by atoms with Crippen LogP contribution in [-0.4, -0.2) is 24.1 Å². The van der Waals surface area contributed by atoms with Gasteiger partial charge in [-0.15, -0.1) is 0 Å². The minimum atomic E-state index is -0.639. The Morgan fingerprint density at radius 1 is 0.317 bits per heavy atom. The monoisotopic (exact) mass is 1040 g/mol. The lowest BCUT2D eigenvalue weighted by Gasteiger charge is -2.40. The number of hydrogen-bond acceptors (Lipinski definition) is 3. The highest BCUT2D eigenvalue weighted by atomic mass is 15.2. The van der Waals surface area contributed by atoms with Crippen molar-refractivity contribution >= 4 is 43.6 Å². The van der Waals surface area contributed by atoms with Crippen molar-refractivity contribution in [1.82, 2.24) is 24.1 Å². The Bertz CT molecular complexity index is 4990. The van der Waals surface area contributed by atoms with E-state index in [1.807, 2.05) is 0 Å². The minimum absolute atomic E-state index is 0.244. The van der Waals surface area contributed by atoms with Gasteiger partial charge in [0.1, 0.15) is 0 Å². The number of aromatic nitrogens is 5. The molecule has 82 heavy (non-hydrogen) atoms. The molecule has 382 valence electrons. The van der Waals surface area contributed by atoms with E-state index in [0.717, 1.165) is 38.6 Å². The van der Waals surface area contributed by atoms with Crippen LogP contribution in [0.3, 0.4) is 0 Å². The first-order chi connectivity index (χ1) is 40.7. The first-order valence-electron chi connectivity index (χ1n) is 28.8. The van der Waals surface area contributed by atoms with Crippen LogP contribution in [0.15, 0.2) is 273 Å². The van der Waals surface area contributed by atoms with Gasteiger partial charge in [0.2, 0.25) is 5.95 Å². The Morgan fingerprint density at radius 2 is 0.744 bits per heavy atom. The van der Waals surface area contributed by atoms with E-state index in [4.69, 9.17) is 15.0 Å². The summed E-state index contributed by atoms with van der Waals surface area (Å²) in [5, 5.41) is 4.81. The molecule has 5 nitrogen and oxygen atoms in total. The molecule has 6 atom stereocenters.